The van der Waals surface area contributed by atoms with Gasteiger partial charge in [-0.05, 0) is 25.1 Å². The molecule has 3 aromatic rings. The molecule has 2 aromatic carbocycles. The van der Waals surface area contributed by atoms with Gasteiger partial charge < -0.3 is 4.84 Å². The quantitative estimate of drug-likeness (QED) is 0.483. The summed E-state index contributed by atoms with van der Waals surface area (Å²) in [7, 11) is -4.40. The van der Waals surface area contributed by atoms with Crippen molar-refractivity contribution in [3.8, 4) is 0 Å². The number of imidazole rings is 1. The van der Waals surface area contributed by atoms with E-state index in [4.69, 9.17) is 4.84 Å². The lowest BCUT2D eigenvalue weighted by atomic mass is 10.2. The van der Waals surface area contributed by atoms with Gasteiger partial charge in [0.2, 0.25) is 0 Å². The van der Waals surface area contributed by atoms with Crippen LogP contribution < -0.4 is 10.5 Å². The third-order valence-electron chi connectivity index (χ3n) is 3.74. The first-order chi connectivity index (χ1) is 12.6. The van der Waals surface area contributed by atoms with Gasteiger partial charge in [-0.25, -0.2) is 18.0 Å². The number of aromatic nitrogens is 2. The molecule has 1 aromatic heterocycles. The van der Waals surface area contributed by atoms with Crippen LogP contribution in [0, 0.1) is 17.0 Å². The number of nitro groups is 1. The second kappa shape index (κ2) is 6.36. The molecule has 0 unspecified atom stereocenters. The van der Waals surface area contributed by atoms with Crippen LogP contribution in [0.2, 0.25) is 0 Å². The topological polar surface area (TPSA) is 131 Å². The molecule has 10 nitrogen and oxygen atoms in total. The highest BCUT2D eigenvalue weighted by Gasteiger charge is 2.30. The van der Waals surface area contributed by atoms with E-state index in [1.54, 1.807) is 19.1 Å². The maximum absolute atomic E-state index is 13.0. The fourth-order valence-corrected chi connectivity index (χ4v) is 3.96. The van der Waals surface area contributed by atoms with Crippen LogP contribution in [0.5, 0.6) is 0 Å². The van der Waals surface area contributed by atoms with Crippen molar-refractivity contribution in [3.63, 3.8) is 0 Å². The molecule has 0 saturated heterocycles. The summed E-state index contributed by atoms with van der Waals surface area (Å²) in [6, 6.07) is 9.24. The lowest BCUT2D eigenvalue weighted by Crippen LogP contribution is -2.34. The minimum absolute atomic E-state index is 0.191. The number of carbonyl (C=O) groups is 1. The van der Waals surface area contributed by atoms with Gasteiger partial charge in [-0.2, -0.15) is 3.97 Å². The Labute approximate surface area is 152 Å². The van der Waals surface area contributed by atoms with Gasteiger partial charge in [0.1, 0.15) is 0 Å². The highest BCUT2D eigenvalue weighted by Crippen LogP contribution is 2.27. The van der Waals surface area contributed by atoms with Gasteiger partial charge in [0.15, 0.2) is 5.52 Å². The number of non-ortho nitro benzene ring substituents is 1. The molecular formula is C16H13N3O7S. The van der Waals surface area contributed by atoms with Crippen molar-refractivity contribution >= 4 is 32.7 Å². The number of hydrogen-bond donors (Lipinski definition) is 0. The summed E-state index contributed by atoms with van der Waals surface area (Å²) in [6.45, 7) is 2.75. The van der Waals surface area contributed by atoms with E-state index in [0.717, 1.165) is 18.6 Å². The summed E-state index contributed by atoms with van der Waals surface area (Å²) in [4.78, 5) is 39.2. The first-order valence-electron chi connectivity index (χ1n) is 7.56. The predicted octanol–water partition coefficient (Wildman–Crippen LogP) is 1.23. The van der Waals surface area contributed by atoms with Crippen LogP contribution >= 0.6 is 0 Å². The molecule has 0 N–H and O–H groups in total. The van der Waals surface area contributed by atoms with E-state index in [9.17, 15) is 28.1 Å². The first kappa shape index (κ1) is 18.3. The van der Waals surface area contributed by atoms with E-state index in [-0.39, 0.29) is 10.4 Å². The average Bonchev–Trinajstić information content (AvgIpc) is 2.87. The fourth-order valence-electron chi connectivity index (χ4n) is 2.58. The van der Waals surface area contributed by atoms with Crippen LogP contribution in [-0.4, -0.2) is 28.0 Å². The van der Waals surface area contributed by atoms with Gasteiger partial charge in [0.25, 0.3) is 15.7 Å². The number of aryl methyl sites for hydroxylation is 1. The molecule has 140 valence electrons. The van der Waals surface area contributed by atoms with Crippen molar-refractivity contribution in [1.29, 1.82) is 0 Å². The number of rotatable bonds is 4. The molecule has 0 aliphatic rings. The molecule has 0 spiro atoms. The van der Waals surface area contributed by atoms with Crippen LogP contribution in [0.25, 0.3) is 11.0 Å². The normalized spacial score (nSPS) is 11.5. The van der Waals surface area contributed by atoms with Crippen molar-refractivity contribution in [3.05, 3.63) is 68.6 Å². The molecule has 0 radical (unpaired) electrons. The molecule has 0 fully saturated rings. The molecule has 0 bridgehead atoms. The fraction of sp³-hybridized carbons (Fsp3) is 0.125. The van der Waals surface area contributed by atoms with E-state index >= 15 is 0 Å². The molecule has 27 heavy (non-hydrogen) atoms. The van der Waals surface area contributed by atoms with E-state index in [2.05, 4.69) is 0 Å². The van der Waals surface area contributed by atoms with Crippen molar-refractivity contribution < 1.29 is 23.0 Å². The molecular weight excluding hydrogens is 378 g/mol. The van der Waals surface area contributed by atoms with Crippen LogP contribution in [0.1, 0.15) is 12.5 Å². The standard InChI is InChI=1S/C16H13N3O7S/c1-10-6-8-12(9-7-10)27(24,25)18-13-4-3-5-14(19(22)23)15(13)17(16(18)21)26-11(2)20/h3-9H,1-2H3. The van der Waals surface area contributed by atoms with Crippen LogP contribution in [-0.2, 0) is 14.8 Å². The zero-order valence-corrected chi connectivity index (χ0v) is 15.0. The summed E-state index contributed by atoms with van der Waals surface area (Å²) < 4.78 is 26.7. The SMILES string of the molecule is CC(=O)On1c(=O)n(S(=O)(=O)c2ccc(C)cc2)c2cccc([N+](=O)[O-])c21. The zero-order valence-electron chi connectivity index (χ0n) is 14.1. The molecule has 0 amide bonds. The molecule has 1 heterocycles. The van der Waals surface area contributed by atoms with Crippen LogP contribution in [0.15, 0.2) is 52.2 Å². The molecule has 0 atom stereocenters. The molecule has 0 aliphatic carbocycles. The Morgan fingerprint density at radius 2 is 1.78 bits per heavy atom. The van der Waals surface area contributed by atoms with Gasteiger partial charge in [-0.3, -0.25) is 10.1 Å². The molecule has 3 rings (SSSR count). The van der Waals surface area contributed by atoms with Crippen molar-refractivity contribution in [2.24, 2.45) is 0 Å². The highest BCUT2D eigenvalue weighted by atomic mass is 32.2. The number of para-hydroxylation sites is 1. The number of benzene rings is 2. The van der Waals surface area contributed by atoms with Gasteiger partial charge in [-0.15, -0.1) is 4.73 Å². The Hall–Kier alpha value is -3.47. The van der Waals surface area contributed by atoms with Gasteiger partial charge in [-0.1, -0.05) is 23.8 Å². The lowest BCUT2D eigenvalue weighted by molar-refractivity contribution is -0.383. The minimum atomic E-state index is -4.40. The number of carbonyl (C=O) groups excluding carboxylic acids is 1. The second-order valence-electron chi connectivity index (χ2n) is 5.64. The summed E-state index contributed by atoms with van der Waals surface area (Å²) in [5.74, 6) is -0.943. The molecule has 0 saturated carbocycles. The van der Waals surface area contributed by atoms with Crippen LogP contribution in [0.3, 0.4) is 0 Å². The first-order valence-corrected chi connectivity index (χ1v) is 9.00. The van der Waals surface area contributed by atoms with Crippen molar-refractivity contribution in [2.45, 2.75) is 18.7 Å². The van der Waals surface area contributed by atoms with E-state index in [1.807, 2.05) is 0 Å². The van der Waals surface area contributed by atoms with E-state index in [1.165, 1.54) is 24.3 Å². The third-order valence-corrected chi connectivity index (χ3v) is 5.44. The lowest BCUT2D eigenvalue weighted by Gasteiger charge is -2.06. The summed E-state index contributed by atoms with van der Waals surface area (Å²) in [6.07, 6.45) is 0. The Balaban J connectivity index is 2.44. The maximum atomic E-state index is 13.0. The second-order valence-corrected chi connectivity index (χ2v) is 7.43. The van der Waals surface area contributed by atoms with Crippen molar-refractivity contribution in [2.75, 3.05) is 0 Å². The molecule has 11 heteroatoms. The van der Waals surface area contributed by atoms with Gasteiger partial charge in [0, 0.05) is 13.0 Å². The zero-order chi connectivity index (χ0) is 19.9. The number of hydrogen-bond acceptors (Lipinski definition) is 7. The number of nitro benzene ring substituents is 1. The Kier molecular flexibility index (Phi) is 4.31. The Morgan fingerprint density at radius 1 is 1.15 bits per heavy atom. The van der Waals surface area contributed by atoms with E-state index in [0.29, 0.717) is 8.70 Å². The van der Waals surface area contributed by atoms with Crippen LogP contribution in [0.4, 0.5) is 5.69 Å². The minimum Gasteiger partial charge on any atom is -0.332 e. The van der Waals surface area contributed by atoms with Gasteiger partial charge >= 0.3 is 11.7 Å². The van der Waals surface area contributed by atoms with E-state index < -0.39 is 37.8 Å². The van der Waals surface area contributed by atoms with Crippen molar-refractivity contribution in [1.82, 2.24) is 8.70 Å². The largest absolute Gasteiger partial charge is 0.377 e. The predicted molar refractivity (Wildman–Crippen MR) is 93.9 cm³/mol. The maximum Gasteiger partial charge on any atom is 0.377 e. The average molecular weight is 391 g/mol. The van der Waals surface area contributed by atoms with Gasteiger partial charge in [0.05, 0.1) is 15.3 Å². The molecule has 0 aliphatic heterocycles. The Morgan fingerprint density at radius 3 is 2.33 bits per heavy atom. The Bertz CT molecular complexity index is 1240. The highest BCUT2D eigenvalue weighted by molar-refractivity contribution is 7.90. The number of fused-ring (bicyclic) bond motifs is 1. The number of nitrogens with zero attached hydrogens (tertiary/aromatic N) is 3. The summed E-state index contributed by atoms with van der Waals surface area (Å²) in [5.41, 5.74) is -1.74. The summed E-state index contributed by atoms with van der Waals surface area (Å²) in [5, 5.41) is 11.3. The smallest absolute Gasteiger partial charge is 0.332 e. The monoisotopic (exact) mass is 391 g/mol. The third kappa shape index (κ3) is 2.97. The summed E-state index contributed by atoms with van der Waals surface area (Å²) >= 11 is 0.